The fourth-order valence-electron chi connectivity index (χ4n) is 4.87. The van der Waals surface area contributed by atoms with E-state index in [0.717, 1.165) is 35.1 Å². The summed E-state index contributed by atoms with van der Waals surface area (Å²) >= 11 is 0. The van der Waals surface area contributed by atoms with Crippen LogP contribution in [0.4, 0.5) is 0 Å². The van der Waals surface area contributed by atoms with Crippen LogP contribution in [0, 0.1) is 11.8 Å². The molecule has 2 aromatic carbocycles. The van der Waals surface area contributed by atoms with Crippen molar-refractivity contribution in [3.63, 3.8) is 0 Å². The maximum atomic E-state index is 13.2. The van der Waals surface area contributed by atoms with Gasteiger partial charge in [0.15, 0.2) is 0 Å². The number of fused-ring (bicyclic) bond motifs is 5. The first-order chi connectivity index (χ1) is 11.7. The maximum absolute atomic E-state index is 13.2. The predicted octanol–water partition coefficient (Wildman–Crippen LogP) is 4.70. The summed E-state index contributed by atoms with van der Waals surface area (Å²) in [6.07, 6.45) is 6.59. The SMILES string of the molecule is CC1(OC(=O)C2c3ccccc3-c3ccccc32)CC2C=CC1C2. The molecule has 3 unspecified atom stereocenters. The van der Waals surface area contributed by atoms with Crippen LogP contribution in [-0.2, 0) is 9.53 Å². The van der Waals surface area contributed by atoms with Gasteiger partial charge >= 0.3 is 5.97 Å². The number of carbonyl (C=O) groups excluding carboxylic acids is 1. The minimum Gasteiger partial charge on any atom is -0.458 e. The Morgan fingerprint density at radius 1 is 1.00 bits per heavy atom. The second-order valence-electron chi connectivity index (χ2n) is 7.53. The summed E-state index contributed by atoms with van der Waals surface area (Å²) in [5.41, 5.74) is 4.13. The molecule has 3 atom stereocenters. The first-order valence-corrected chi connectivity index (χ1v) is 8.75. The van der Waals surface area contributed by atoms with E-state index in [0.29, 0.717) is 11.8 Å². The number of benzene rings is 2. The third-order valence-electron chi connectivity index (χ3n) is 6.03. The number of carbonyl (C=O) groups is 1. The molecule has 2 heteroatoms. The van der Waals surface area contributed by atoms with Crippen molar-refractivity contribution in [3.05, 3.63) is 71.8 Å². The molecule has 0 heterocycles. The molecule has 0 N–H and O–H groups in total. The van der Waals surface area contributed by atoms with Crippen LogP contribution in [-0.4, -0.2) is 11.6 Å². The highest BCUT2D eigenvalue weighted by Gasteiger charge is 2.49. The maximum Gasteiger partial charge on any atom is 0.318 e. The lowest BCUT2D eigenvalue weighted by Crippen LogP contribution is -2.37. The summed E-state index contributed by atoms with van der Waals surface area (Å²) in [5, 5.41) is 0. The van der Waals surface area contributed by atoms with Gasteiger partial charge in [0, 0.05) is 5.92 Å². The van der Waals surface area contributed by atoms with Gasteiger partial charge in [-0.2, -0.15) is 0 Å². The third kappa shape index (κ3) is 1.86. The second-order valence-corrected chi connectivity index (χ2v) is 7.53. The molecule has 120 valence electrons. The molecule has 0 radical (unpaired) electrons. The van der Waals surface area contributed by atoms with Crippen molar-refractivity contribution in [1.29, 1.82) is 0 Å². The Labute approximate surface area is 142 Å². The van der Waals surface area contributed by atoms with Crippen LogP contribution in [0.15, 0.2) is 60.7 Å². The Balaban J connectivity index is 1.52. The van der Waals surface area contributed by atoms with Crippen molar-refractivity contribution in [2.24, 2.45) is 11.8 Å². The van der Waals surface area contributed by atoms with E-state index in [4.69, 9.17) is 4.74 Å². The Kier molecular flexibility index (Phi) is 2.82. The molecule has 1 fully saturated rings. The summed E-state index contributed by atoms with van der Waals surface area (Å²) in [7, 11) is 0. The summed E-state index contributed by atoms with van der Waals surface area (Å²) in [6.45, 7) is 2.10. The second kappa shape index (κ2) is 4.83. The zero-order valence-corrected chi connectivity index (χ0v) is 13.7. The van der Waals surface area contributed by atoms with Crippen LogP contribution in [0.25, 0.3) is 11.1 Å². The van der Waals surface area contributed by atoms with Gasteiger partial charge in [0.05, 0.1) is 0 Å². The molecule has 5 rings (SSSR count). The van der Waals surface area contributed by atoms with Gasteiger partial charge in [-0.1, -0.05) is 60.7 Å². The normalized spacial score (nSPS) is 29.5. The van der Waals surface area contributed by atoms with E-state index >= 15 is 0 Å². The van der Waals surface area contributed by atoms with Gasteiger partial charge in [0.1, 0.15) is 11.5 Å². The van der Waals surface area contributed by atoms with Gasteiger partial charge in [-0.05, 0) is 47.9 Å². The minimum atomic E-state index is -0.344. The Hall–Kier alpha value is -2.35. The lowest BCUT2D eigenvalue weighted by atomic mass is 9.89. The van der Waals surface area contributed by atoms with Crippen LogP contribution in [0.3, 0.4) is 0 Å². The van der Waals surface area contributed by atoms with Crippen molar-refractivity contribution < 1.29 is 9.53 Å². The van der Waals surface area contributed by atoms with Crippen LogP contribution >= 0.6 is 0 Å². The molecule has 0 saturated heterocycles. The van der Waals surface area contributed by atoms with Crippen LogP contribution in [0.1, 0.15) is 36.8 Å². The highest BCUT2D eigenvalue weighted by Crippen LogP contribution is 2.50. The van der Waals surface area contributed by atoms with Gasteiger partial charge in [0.2, 0.25) is 0 Å². The Morgan fingerprint density at radius 2 is 1.62 bits per heavy atom. The van der Waals surface area contributed by atoms with Gasteiger partial charge in [-0.3, -0.25) is 4.79 Å². The quantitative estimate of drug-likeness (QED) is 0.593. The molecule has 0 aromatic heterocycles. The van der Waals surface area contributed by atoms with E-state index in [1.54, 1.807) is 0 Å². The number of esters is 1. The molecule has 24 heavy (non-hydrogen) atoms. The number of allylic oxidation sites excluding steroid dienone is 1. The fraction of sp³-hybridized carbons (Fsp3) is 0.318. The van der Waals surface area contributed by atoms with Crippen LogP contribution in [0.5, 0.6) is 0 Å². The van der Waals surface area contributed by atoms with Gasteiger partial charge in [-0.25, -0.2) is 0 Å². The molecule has 2 nitrogen and oxygen atoms in total. The predicted molar refractivity (Wildman–Crippen MR) is 93.6 cm³/mol. The molecular weight excluding hydrogens is 296 g/mol. The van der Waals surface area contributed by atoms with Crippen molar-refractivity contribution in [2.45, 2.75) is 31.3 Å². The van der Waals surface area contributed by atoms with Gasteiger partial charge in [0.25, 0.3) is 0 Å². The van der Waals surface area contributed by atoms with Crippen LogP contribution < -0.4 is 0 Å². The first-order valence-electron chi connectivity index (χ1n) is 8.75. The molecule has 3 aliphatic rings. The molecular formula is C22H20O2. The van der Waals surface area contributed by atoms with Crippen molar-refractivity contribution in [2.75, 3.05) is 0 Å². The van der Waals surface area contributed by atoms with E-state index in [1.165, 1.54) is 0 Å². The smallest absolute Gasteiger partial charge is 0.318 e. The zero-order valence-electron chi connectivity index (χ0n) is 13.7. The summed E-state index contributed by atoms with van der Waals surface area (Å²) in [4.78, 5) is 13.2. The number of hydrogen-bond acceptors (Lipinski definition) is 2. The van der Waals surface area contributed by atoms with Gasteiger partial charge in [-0.15, -0.1) is 0 Å². The lowest BCUT2D eigenvalue weighted by Gasteiger charge is -2.32. The fourth-order valence-corrected chi connectivity index (χ4v) is 4.87. The third-order valence-corrected chi connectivity index (χ3v) is 6.03. The average molecular weight is 316 g/mol. The number of rotatable bonds is 2. The van der Waals surface area contributed by atoms with E-state index in [-0.39, 0.29) is 17.5 Å². The molecule has 2 aromatic rings. The molecule has 0 amide bonds. The molecule has 1 saturated carbocycles. The molecule has 3 aliphatic carbocycles. The largest absolute Gasteiger partial charge is 0.458 e. The Morgan fingerprint density at radius 3 is 2.17 bits per heavy atom. The number of hydrogen-bond donors (Lipinski definition) is 0. The van der Waals surface area contributed by atoms with E-state index in [2.05, 4.69) is 43.3 Å². The monoisotopic (exact) mass is 316 g/mol. The van der Waals surface area contributed by atoms with Gasteiger partial charge < -0.3 is 4.74 Å². The van der Waals surface area contributed by atoms with Crippen molar-refractivity contribution in [1.82, 2.24) is 0 Å². The lowest BCUT2D eigenvalue weighted by molar-refractivity contribution is -0.161. The van der Waals surface area contributed by atoms with E-state index < -0.39 is 0 Å². The van der Waals surface area contributed by atoms with Crippen LogP contribution in [0.2, 0.25) is 0 Å². The van der Waals surface area contributed by atoms with E-state index in [9.17, 15) is 4.79 Å². The standard InChI is InChI=1S/C22H20O2/c1-22(13-14-10-11-15(22)12-14)24-21(23)20-18-8-4-2-6-16(18)17-7-3-5-9-19(17)20/h2-11,14-15,20H,12-13H2,1H3. The molecule has 0 aliphatic heterocycles. The highest BCUT2D eigenvalue weighted by atomic mass is 16.6. The topological polar surface area (TPSA) is 26.3 Å². The highest BCUT2D eigenvalue weighted by molar-refractivity contribution is 5.93. The van der Waals surface area contributed by atoms with Crippen molar-refractivity contribution >= 4 is 5.97 Å². The summed E-state index contributed by atoms with van der Waals surface area (Å²) in [5.74, 6) is 0.558. The summed E-state index contributed by atoms with van der Waals surface area (Å²) < 4.78 is 6.14. The Bertz CT molecular complexity index is 820. The number of ether oxygens (including phenoxy) is 1. The summed E-state index contributed by atoms with van der Waals surface area (Å²) in [6, 6.07) is 16.4. The minimum absolute atomic E-state index is 0.101. The van der Waals surface area contributed by atoms with E-state index in [1.807, 2.05) is 24.3 Å². The zero-order chi connectivity index (χ0) is 16.3. The van der Waals surface area contributed by atoms with Crippen molar-refractivity contribution in [3.8, 4) is 11.1 Å². The first kappa shape index (κ1) is 14.0. The molecule has 2 bridgehead atoms. The average Bonchev–Trinajstić information content (AvgIpc) is 3.25. The molecule has 0 spiro atoms.